The van der Waals surface area contributed by atoms with Gasteiger partial charge in [-0.1, -0.05) is 39.5 Å². The van der Waals surface area contributed by atoms with Crippen molar-refractivity contribution in [3.8, 4) is 0 Å². The Kier molecular flexibility index (Phi) is 7.76. The lowest BCUT2D eigenvalue weighted by molar-refractivity contribution is -0.158. The zero-order valence-corrected chi connectivity index (χ0v) is 20.2. The van der Waals surface area contributed by atoms with Crippen molar-refractivity contribution in [2.24, 2.45) is 35.1 Å². The van der Waals surface area contributed by atoms with Gasteiger partial charge in [-0.2, -0.15) is 0 Å². The molecule has 1 amide bonds. The Morgan fingerprint density at radius 3 is 2.62 bits per heavy atom. The van der Waals surface area contributed by atoms with Crippen LogP contribution < -0.4 is 33.3 Å². The molecule has 4 aliphatic rings. The van der Waals surface area contributed by atoms with E-state index in [1.165, 1.54) is 25.7 Å². The first kappa shape index (κ1) is 24.3. The van der Waals surface area contributed by atoms with Crippen LogP contribution in [-0.4, -0.2) is 65.1 Å². The molecule has 4 fully saturated rings. The average Bonchev–Trinajstić information content (AvgIpc) is 3.23. The highest BCUT2D eigenvalue weighted by molar-refractivity contribution is 5.81. The van der Waals surface area contributed by atoms with Gasteiger partial charge in [-0.15, -0.1) is 0 Å². The van der Waals surface area contributed by atoms with E-state index in [0.717, 1.165) is 25.7 Å². The number of nitrogens with zero attached hydrogens (tertiary/aromatic N) is 2. The van der Waals surface area contributed by atoms with Crippen LogP contribution in [0, 0.1) is 17.8 Å². The Bertz CT molecular complexity index is 649. The maximum absolute atomic E-state index is 14.0. The summed E-state index contributed by atoms with van der Waals surface area (Å²) >= 11 is 0. The van der Waals surface area contributed by atoms with Crippen LogP contribution in [0.4, 0.5) is 0 Å². The summed E-state index contributed by atoms with van der Waals surface area (Å²) in [5.74, 6) is 8.15. The molecule has 184 valence electrons. The summed E-state index contributed by atoms with van der Waals surface area (Å²) in [4.78, 5) is 16.2. The number of nitrogens with two attached hydrogens (primary N) is 3. The number of nitrogens with one attached hydrogen (secondary N) is 3. The fourth-order valence-corrected chi connectivity index (χ4v) is 6.79. The lowest BCUT2D eigenvalue weighted by Crippen LogP contribution is -2.75. The zero-order chi connectivity index (χ0) is 23.0. The average molecular weight is 451 g/mol. The summed E-state index contributed by atoms with van der Waals surface area (Å²) in [5, 5.41) is 12.1. The molecular formula is C23H46N8O. The van der Waals surface area contributed by atoms with Crippen LogP contribution in [0.3, 0.4) is 0 Å². The maximum Gasteiger partial charge on any atom is 0.229 e. The Morgan fingerprint density at radius 1 is 1.19 bits per heavy atom. The molecule has 32 heavy (non-hydrogen) atoms. The maximum atomic E-state index is 14.0. The molecule has 9 nitrogen and oxygen atoms in total. The number of carbonyl (C=O) groups is 1. The number of hydrazine groups is 1. The second-order valence-corrected chi connectivity index (χ2v) is 10.8. The predicted molar refractivity (Wildman–Crippen MR) is 126 cm³/mol. The van der Waals surface area contributed by atoms with Crippen molar-refractivity contribution in [1.82, 2.24) is 25.9 Å². The summed E-state index contributed by atoms with van der Waals surface area (Å²) in [6, 6.07) is 0.216. The van der Waals surface area contributed by atoms with Gasteiger partial charge < -0.3 is 16.4 Å². The van der Waals surface area contributed by atoms with Crippen LogP contribution in [0.5, 0.6) is 0 Å². The third-order valence-corrected chi connectivity index (χ3v) is 8.87. The highest BCUT2D eigenvalue weighted by Crippen LogP contribution is 2.39. The third kappa shape index (κ3) is 4.58. The van der Waals surface area contributed by atoms with Gasteiger partial charge in [0.25, 0.3) is 0 Å². The fraction of sp³-hybridized carbons (Fsp3) is 0.957. The molecule has 0 aromatic carbocycles. The van der Waals surface area contributed by atoms with Gasteiger partial charge in [0.1, 0.15) is 0 Å². The molecule has 0 bridgehead atoms. The van der Waals surface area contributed by atoms with Gasteiger partial charge in [0, 0.05) is 18.8 Å². The molecule has 4 rings (SSSR count). The van der Waals surface area contributed by atoms with Crippen LogP contribution in [0.1, 0.15) is 72.1 Å². The molecule has 9 N–H and O–H groups in total. The van der Waals surface area contributed by atoms with Gasteiger partial charge in [0.2, 0.25) is 5.91 Å². The van der Waals surface area contributed by atoms with E-state index in [9.17, 15) is 4.79 Å². The summed E-state index contributed by atoms with van der Waals surface area (Å²) in [7, 11) is 0. The summed E-state index contributed by atoms with van der Waals surface area (Å²) < 4.78 is 0. The molecule has 10 atom stereocenters. The lowest BCUT2D eigenvalue weighted by Gasteiger charge is -2.55. The van der Waals surface area contributed by atoms with Gasteiger partial charge in [-0.25, -0.2) is 5.01 Å². The molecule has 2 saturated heterocycles. The number of fused-ring (bicyclic) bond motifs is 1. The Morgan fingerprint density at radius 2 is 1.94 bits per heavy atom. The van der Waals surface area contributed by atoms with E-state index in [0.29, 0.717) is 24.4 Å². The van der Waals surface area contributed by atoms with Crippen molar-refractivity contribution >= 4 is 5.91 Å². The Hall–Kier alpha value is -0.810. The van der Waals surface area contributed by atoms with Crippen molar-refractivity contribution in [2.45, 2.75) is 115 Å². The zero-order valence-electron chi connectivity index (χ0n) is 20.2. The standard InChI is InChI=1S/C23H46N8O/c1-4-15-8-6-9-16(11-15)30-22(29-17-10-5-7-13(2)18(17)23(30)32)14(3)31(26)21(25)19-20(24)28-12-27-19/h13-22,27-29H,4-12,24-26H2,1-3H3. The van der Waals surface area contributed by atoms with Crippen LogP contribution in [0.15, 0.2) is 0 Å². The monoisotopic (exact) mass is 450 g/mol. The van der Waals surface area contributed by atoms with Crippen molar-refractivity contribution in [3.63, 3.8) is 0 Å². The minimum Gasteiger partial charge on any atom is -0.322 e. The quantitative estimate of drug-likeness (QED) is 0.191. The molecule has 9 heteroatoms. The van der Waals surface area contributed by atoms with Crippen molar-refractivity contribution in [2.75, 3.05) is 6.67 Å². The minimum absolute atomic E-state index is 0.0724. The molecule has 2 saturated carbocycles. The van der Waals surface area contributed by atoms with Crippen LogP contribution in [0.2, 0.25) is 0 Å². The number of carbonyl (C=O) groups excluding carboxylic acids is 1. The van der Waals surface area contributed by atoms with E-state index in [2.05, 4.69) is 41.6 Å². The smallest absolute Gasteiger partial charge is 0.229 e. The van der Waals surface area contributed by atoms with Crippen LogP contribution >= 0.6 is 0 Å². The largest absolute Gasteiger partial charge is 0.322 e. The topological polar surface area (TPSA) is 138 Å². The molecular weight excluding hydrogens is 404 g/mol. The molecule has 2 aliphatic carbocycles. The van der Waals surface area contributed by atoms with E-state index in [1.807, 2.05) is 0 Å². The van der Waals surface area contributed by atoms with E-state index in [1.54, 1.807) is 5.01 Å². The molecule has 0 radical (unpaired) electrons. The van der Waals surface area contributed by atoms with E-state index in [4.69, 9.17) is 17.3 Å². The lowest BCUT2D eigenvalue weighted by atomic mass is 9.73. The molecule has 0 aromatic heterocycles. The molecule has 0 spiro atoms. The molecule has 2 aliphatic heterocycles. The van der Waals surface area contributed by atoms with Crippen molar-refractivity contribution in [3.05, 3.63) is 0 Å². The second kappa shape index (κ2) is 10.2. The third-order valence-electron chi connectivity index (χ3n) is 8.87. The number of hydrogen-bond acceptors (Lipinski definition) is 8. The van der Waals surface area contributed by atoms with Gasteiger partial charge in [0.05, 0.1) is 36.5 Å². The number of hydrogen-bond donors (Lipinski definition) is 6. The normalized spacial score (nSPS) is 42.7. The first-order chi connectivity index (χ1) is 15.3. The molecule has 10 unspecified atom stereocenters. The van der Waals surface area contributed by atoms with Crippen molar-refractivity contribution < 1.29 is 4.79 Å². The van der Waals surface area contributed by atoms with E-state index < -0.39 is 6.17 Å². The van der Waals surface area contributed by atoms with Gasteiger partial charge in [-0.3, -0.25) is 26.6 Å². The Labute approximate surface area is 193 Å². The first-order valence-corrected chi connectivity index (χ1v) is 12.9. The van der Waals surface area contributed by atoms with Gasteiger partial charge >= 0.3 is 0 Å². The summed E-state index contributed by atoms with van der Waals surface area (Å²) in [5.41, 5.74) is 12.7. The van der Waals surface area contributed by atoms with Gasteiger partial charge in [-0.05, 0) is 44.4 Å². The second-order valence-electron chi connectivity index (χ2n) is 10.8. The highest BCUT2D eigenvalue weighted by atomic mass is 16.2. The first-order valence-electron chi connectivity index (χ1n) is 12.9. The van der Waals surface area contributed by atoms with Crippen LogP contribution in [-0.2, 0) is 4.79 Å². The minimum atomic E-state index is -0.452. The predicted octanol–water partition coefficient (Wildman–Crippen LogP) is 0.171. The molecule has 2 heterocycles. The number of rotatable bonds is 6. The van der Waals surface area contributed by atoms with Crippen molar-refractivity contribution in [1.29, 1.82) is 0 Å². The van der Waals surface area contributed by atoms with E-state index in [-0.39, 0.29) is 42.4 Å². The van der Waals surface area contributed by atoms with Gasteiger partial charge in [0.15, 0.2) is 0 Å². The number of amides is 1. The van der Waals surface area contributed by atoms with E-state index >= 15 is 0 Å². The SMILES string of the molecule is CCC1CCCC(N2C(=O)C3C(C)CCCC3NC2C(C)N(N)C(N)C2NCNC2N)C1. The summed E-state index contributed by atoms with van der Waals surface area (Å²) in [6.45, 7) is 7.24. The molecule has 0 aromatic rings. The fourth-order valence-electron chi connectivity index (χ4n) is 6.79. The summed E-state index contributed by atoms with van der Waals surface area (Å²) in [6.07, 6.45) is 8.34. The highest BCUT2D eigenvalue weighted by Gasteiger charge is 2.50. The Balaban J connectivity index is 1.58. The van der Waals surface area contributed by atoms with Crippen LogP contribution in [0.25, 0.3) is 0 Å².